The van der Waals surface area contributed by atoms with E-state index in [0.29, 0.717) is 36.8 Å². The van der Waals surface area contributed by atoms with E-state index in [-0.39, 0.29) is 17.9 Å². The largest absolute Gasteiger partial charge is 0.481 e. The molecule has 0 bridgehead atoms. The van der Waals surface area contributed by atoms with Crippen molar-refractivity contribution < 1.29 is 23.2 Å². The molecule has 0 N–H and O–H groups in total. The van der Waals surface area contributed by atoms with Crippen molar-refractivity contribution in [2.75, 3.05) is 13.6 Å². The standard InChI is InChI=1S/C30H30N2O5/c1-20-7-4-8-23(17-20)28-26-18-24(37-21(2)29(33)31(3)19-25-9-5-15-35-25)12-11-22(26)13-14-32(28)30(34)27-10-6-16-36-27/h4-12,15-18,21,28H,13-14,19H2,1-3H3. The number of furan rings is 2. The monoisotopic (exact) mass is 498 g/mol. The first-order chi connectivity index (χ1) is 17.9. The Balaban J connectivity index is 1.43. The lowest BCUT2D eigenvalue weighted by atomic mass is 9.87. The molecular formula is C30H30N2O5. The fourth-order valence-corrected chi connectivity index (χ4v) is 4.91. The zero-order valence-corrected chi connectivity index (χ0v) is 21.2. The summed E-state index contributed by atoms with van der Waals surface area (Å²) >= 11 is 0. The molecule has 3 heterocycles. The minimum atomic E-state index is -0.695. The van der Waals surface area contributed by atoms with Crippen LogP contribution < -0.4 is 4.74 Å². The highest BCUT2D eigenvalue weighted by molar-refractivity contribution is 5.92. The van der Waals surface area contributed by atoms with Crippen molar-refractivity contribution in [2.45, 2.75) is 39.0 Å². The van der Waals surface area contributed by atoms with Gasteiger partial charge < -0.3 is 23.4 Å². The molecule has 2 aromatic heterocycles. The first-order valence-electron chi connectivity index (χ1n) is 12.4. The fraction of sp³-hybridized carbons (Fsp3) is 0.267. The van der Waals surface area contributed by atoms with E-state index in [9.17, 15) is 9.59 Å². The van der Waals surface area contributed by atoms with Gasteiger partial charge in [0, 0.05) is 13.6 Å². The highest BCUT2D eigenvalue weighted by atomic mass is 16.5. The Morgan fingerprint density at radius 2 is 1.86 bits per heavy atom. The molecule has 2 atom stereocenters. The minimum absolute atomic E-state index is 0.154. The number of carbonyl (C=O) groups excluding carboxylic acids is 2. The summed E-state index contributed by atoms with van der Waals surface area (Å²) in [6.45, 7) is 4.71. The molecular weight excluding hydrogens is 468 g/mol. The molecule has 2 aromatic carbocycles. The zero-order chi connectivity index (χ0) is 25.9. The Morgan fingerprint density at radius 3 is 2.59 bits per heavy atom. The summed E-state index contributed by atoms with van der Waals surface area (Å²) in [5, 5.41) is 0. The number of likely N-dealkylation sites (N-methyl/N-ethyl adjacent to an activating group) is 1. The first-order valence-corrected chi connectivity index (χ1v) is 12.4. The summed E-state index contributed by atoms with van der Waals surface area (Å²) in [5.74, 6) is 1.29. The molecule has 7 heteroatoms. The van der Waals surface area contributed by atoms with Crippen molar-refractivity contribution in [1.82, 2.24) is 9.80 Å². The Hall–Kier alpha value is -4.26. The van der Waals surface area contributed by atoms with Crippen LogP contribution >= 0.6 is 0 Å². The lowest BCUT2D eigenvalue weighted by Gasteiger charge is -2.37. The number of rotatable bonds is 7. The van der Waals surface area contributed by atoms with Crippen LogP contribution in [0.15, 0.2) is 88.1 Å². The van der Waals surface area contributed by atoms with Gasteiger partial charge in [-0.2, -0.15) is 0 Å². The predicted molar refractivity (Wildman–Crippen MR) is 138 cm³/mol. The summed E-state index contributed by atoms with van der Waals surface area (Å²) < 4.78 is 16.9. The molecule has 0 saturated carbocycles. The Labute approximate surface area is 216 Å². The van der Waals surface area contributed by atoms with Crippen LogP contribution in [0, 0.1) is 6.92 Å². The highest BCUT2D eigenvalue weighted by Crippen LogP contribution is 2.38. The summed E-state index contributed by atoms with van der Waals surface area (Å²) in [7, 11) is 1.73. The van der Waals surface area contributed by atoms with Crippen molar-refractivity contribution in [1.29, 1.82) is 0 Å². The quantitative estimate of drug-likeness (QED) is 0.341. The van der Waals surface area contributed by atoms with Gasteiger partial charge in [0.25, 0.3) is 11.8 Å². The Bertz CT molecular complexity index is 1380. The average molecular weight is 499 g/mol. The molecule has 0 fully saturated rings. The molecule has 190 valence electrons. The third-order valence-electron chi connectivity index (χ3n) is 6.71. The van der Waals surface area contributed by atoms with Gasteiger partial charge >= 0.3 is 0 Å². The molecule has 0 aliphatic carbocycles. The molecule has 2 unspecified atom stereocenters. The van der Waals surface area contributed by atoms with Gasteiger partial charge in [0.05, 0.1) is 25.1 Å². The second kappa shape index (κ2) is 10.4. The molecule has 1 aliphatic heterocycles. The van der Waals surface area contributed by atoms with Gasteiger partial charge in [0.1, 0.15) is 11.5 Å². The number of aryl methyl sites for hydroxylation is 1. The van der Waals surface area contributed by atoms with Gasteiger partial charge in [-0.3, -0.25) is 9.59 Å². The van der Waals surface area contributed by atoms with E-state index < -0.39 is 6.10 Å². The van der Waals surface area contributed by atoms with Crippen LogP contribution in [0.4, 0.5) is 0 Å². The van der Waals surface area contributed by atoms with E-state index in [1.165, 1.54) is 6.26 Å². The number of nitrogens with zero attached hydrogens (tertiary/aromatic N) is 2. The summed E-state index contributed by atoms with van der Waals surface area (Å²) in [5.41, 5.74) is 4.26. The molecule has 7 nitrogen and oxygen atoms in total. The van der Waals surface area contributed by atoms with Gasteiger partial charge in [-0.15, -0.1) is 0 Å². The Kier molecular flexibility index (Phi) is 6.86. The van der Waals surface area contributed by atoms with Crippen LogP contribution in [0.3, 0.4) is 0 Å². The number of hydrogen-bond acceptors (Lipinski definition) is 5. The van der Waals surface area contributed by atoms with Crippen LogP contribution in [0.5, 0.6) is 5.75 Å². The molecule has 5 rings (SSSR count). The topological polar surface area (TPSA) is 76.1 Å². The van der Waals surface area contributed by atoms with Crippen molar-refractivity contribution in [3.8, 4) is 5.75 Å². The molecule has 4 aromatic rings. The number of hydrogen-bond donors (Lipinski definition) is 0. The lowest BCUT2D eigenvalue weighted by Crippen LogP contribution is -2.40. The van der Waals surface area contributed by atoms with Gasteiger partial charge in [-0.05, 0) is 73.4 Å². The summed E-state index contributed by atoms with van der Waals surface area (Å²) in [6, 6.07) is 20.8. The third kappa shape index (κ3) is 5.16. The number of benzene rings is 2. The van der Waals surface area contributed by atoms with Crippen LogP contribution in [-0.2, 0) is 17.8 Å². The molecule has 37 heavy (non-hydrogen) atoms. The highest BCUT2D eigenvalue weighted by Gasteiger charge is 2.34. The summed E-state index contributed by atoms with van der Waals surface area (Å²) in [6.07, 6.45) is 3.12. The van der Waals surface area contributed by atoms with E-state index in [1.54, 1.807) is 43.3 Å². The Morgan fingerprint density at radius 1 is 1.05 bits per heavy atom. The fourth-order valence-electron chi connectivity index (χ4n) is 4.91. The van der Waals surface area contributed by atoms with E-state index in [4.69, 9.17) is 13.6 Å². The molecule has 2 amide bonds. The van der Waals surface area contributed by atoms with Crippen molar-refractivity contribution >= 4 is 11.8 Å². The van der Waals surface area contributed by atoms with Gasteiger partial charge in [-0.25, -0.2) is 0 Å². The minimum Gasteiger partial charge on any atom is -0.481 e. The van der Waals surface area contributed by atoms with Crippen LogP contribution in [0.1, 0.15) is 51.5 Å². The first kappa shape index (κ1) is 24.4. The van der Waals surface area contributed by atoms with E-state index in [2.05, 4.69) is 6.07 Å². The molecule has 1 aliphatic rings. The number of amides is 2. The third-order valence-corrected chi connectivity index (χ3v) is 6.71. The number of fused-ring (bicyclic) bond motifs is 1. The van der Waals surface area contributed by atoms with Crippen LogP contribution in [0.25, 0.3) is 0 Å². The molecule has 0 spiro atoms. The van der Waals surface area contributed by atoms with Crippen molar-refractivity contribution in [2.24, 2.45) is 0 Å². The van der Waals surface area contributed by atoms with Gasteiger partial charge in [-0.1, -0.05) is 35.9 Å². The van der Waals surface area contributed by atoms with Gasteiger partial charge in [0.15, 0.2) is 11.9 Å². The summed E-state index contributed by atoms with van der Waals surface area (Å²) in [4.78, 5) is 29.8. The van der Waals surface area contributed by atoms with Gasteiger partial charge in [0.2, 0.25) is 0 Å². The smallest absolute Gasteiger partial charge is 0.290 e. The van der Waals surface area contributed by atoms with Crippen molar-refractivity contribution in [3.05, 3.63) is 113 Å². The average Bonchev–Trinajstić information content (AvgIpc) is 3.62. The molecule has 0 saturated heterocycles. The zero-order valence-electron chi connectivity index (χ0n) is 21.2. The maximum Gasteiger partial charge on any atom is 0.290 e. The SMILES string of the molecule is Cc1cccc(C2c3cc(OC(C)C(=O)N(C)Cc4ccco4)ccc3CCN2C(=O)c2ccco2)c1. The van der Waals surface area contributed by atoms with Crippen LogP contribution in [0.2, 0.25) is 0 Å². The van der Waals surface area contributed by atoms with E-state index in [0.717, 1.165) is 22.3 Å². The lowest BCUT2D eigenvalue weighted by molar-refractivity contribution is -0.137. The maximum atomic E-state index is 13.4. The number of ether oxygens (including phenoxy) is 1. The van der Waals surface area contributed by atoms with E-state index >= 15 is 0 Å². The van der Waals surface area contributed by atoms with Crippen molar-refractivity contribution in [3.63, 3.8) is 0 Å². The normalized spacial score (nSPS) is 15.6. The predicted octanol–water partition coefficient (Wildman–Crippen LogP) is 5.39. The van der Waals surface area contributed by atoms with E-state index in [1.807, 2.05) is 54.3 Å². The second-order valence-electron chi connectivity index (χ2n) is 9.44. The molecule has 0 radical (unpaired) electrons. The van der Waals surface area contributed by atoms with Crippen LogP contribution in [-0.4, -0.2) is 41.3 Å². The number of carbonyl (C=O) groups is 2. The maximum absolute atomic E-state index is 13.4. The second-order valence-corrected chi connectivity index (χ2v) is 9.44.